The molecule has 0 unspecified atom stereocenters. The fourth-order valence-electron chi connectivity index (χ4n) is 1.80. The van der Waals surface area contributed by atoms with E-state index < -0.39 is 10.0 Å². The zero-order chi connectivity index (χ0) is 14.2. The molecule has 0 aliphatic carbocycles. The zero-order valence-electron chi connectivity index (χ0n) is 10.7. The second-order valence-corrected chi connectivity index (χ2v) is 6.05. The van der Waals surface area contributed by atoms with Crippen LogP contribution in [0.2, 0.25) is 5.15 Å². The molecule has 0 amide bonds. The van der Waals surface area contributed by atoms with E-state index in [0.29, 0.717) is 11.4 Å². The Bertz CT molecular complexity index is 724. The first-order valence-corrected chi connectivity index (χ1v) is 7.32. The molecule has 0 spiro atoms. The molecule has 0 aliphatic heterocycles. The van der Waals surface area contributed by atoms with Crippen molar-refractivity contribution in [1.29, 1.82) is 0 Å². The van der Waals surface area contributed by atoms with Crippen molar-refractivity contribution < 1.29 is 8.42 Å². The van der Waals surface area contributed by atoms with Gasteiger partial charge in [0.05, 0.1) is 17.1 Å². The molecule has 0 radical (unpaired) electrons. The number of pyridine rings is 1. The number of aromatic nitrogens is 3. The third-order valence-electron chi connectivity index (χ3n) is 2.71. The minimum absolute atomic E-state index is 0.102. The van der Waals surface area contributed by atoms with Gasteiger partial charge in [-0.3, -0.25) is 9.40 Å². The standard InChI is InChI=1S/C11H13ClN4O2S/c1-7-10(8(2)16(3)14-7)19(17,18)15-9-5-4-6-13-11(9)12/h4-6,15H,1-3H3. The van der Waals surface area contributed by atoms with Crippen LogP contribution in [0.5, 0.6) is 0 Å². The van der Waals surface area contributed by atoms with E-state index >= 15 is 0 Å². The number of hydrogen-bond acceptors (Lipinski definition) is 4. The van der Waals surface area contributed by atoms with Gasteiger partial charge < -0.3 is 0 Å². The highest BCUT2D eigenvalue weighted by molar-refractivity contribution is 7.92. The topological polar surface area (TPSA) is 76.9 Å². The van der Waals surface area contributed by atoms with Gasteiger partial charge in [0.15, 0.2) is 5.15 Å². The fraction of sp³-hybridized carbons (Fsp3) is 0.273. The summed E-state index contributed by atoms with van der Waals surface area (Å²) in [6.07, 6.45) is 1.49. The van der Waals surface area contributed by atoms with Gasteiger partial charge in [0, 0.05) is 13.2 Å². The van der Waals surface area contributed by atoms with E-state index in [2.05, 4.69) is 14.8 Å². The van der Waals surface area contributed by atoms with Crippen molar-refractivity contribution in [3.63, 3.8) is 0 Å². The molecular weight excluding hydrogens is 288 g/mol. The van der Waals surface area contributed by atoms with Crippen LogP contribution in [0.25, 0.3) is 0 Å². The minimum Gasteiger partial charge on any atom is -0.276 e. The zero-order valence-corrected chi connectivity index (χ0v) is 12.2. The molecule has 19 heavy (non-hydrogen) atoms. The van der Waals surface area contributed by atoms with Crippen LogP contribution in [-0.2, 0) is 17.1 Å². The first kappa shape index (κ1) is 13.8. The third kappa shape index (κ3) is 2.57. The third-order valence-corrected chi connectivity index (χ3v) is 4.63. The predicted octanol–water partition coefficient (Wildman–Crippen LogP) is 1.89. The molecule has 2 rings (SSSR count). The van der Waals surface area contributed by atoms with E-state index in [9.17, 15) is 8.42 Å². The summed E-state index contributed by atoms with van der Waals surface area (Å²) in [5.74, 6) is 0. The van der Waals surface area contributed by atoms with Crippen LogP contribution < -0.4 is 4.72 Å². The monoisotopic (exact) mass is 300 g/mol. The van der Waals surface area contributed by atoms with E-state index in [1.807, 2.05) is 0 Å². The Hall–Kier alpha value is -1.60. The smallest absolute Gasteiger partial charge is 0.265 e. The number of aryl methyl sites for hydroxylation is 2. The first-order chi connectivity index (χ1) is 8.83. The van der Waals surface area contributed by atoms with Gasteiger partial charge in [-0.05, 0) is 26.0 Å². The van der Waals surface area contributed by atoms with Crippen LogP contribution >= 0.6 is 11.6 Å². The summed E-state index contributed by atoms with van der Waals surface area (Å²) in [6.45, 7) is 3.34. The van der Waals surface area contributed by atoms with Crippen LogP contribution in [0.15, 0.2) is 23.2 Å². The van der Waals surface area contributed by atoms with E-state index in [4.69, 9.17) is 11.6 Å². The summed E-state index contributed by atoms with van der Waals surface area (Å²) in [4.78, 5) is 3.99. The van der Waals surface area contributed by atoms with Crippen LogP contribution in [0, 0.1) is 13.8 Å². The molecule has 0 atom stereocenters. The lowest BCUT2D eigenvalue weighted by Crippen LogP contribution is -2.15. The maximum absolute atomic E-state index is 12.4. The minimum atomic E-state index is -3.73. The van der Waals surface area contributed by atoms with Gasteiger partial charge in [0.25, 0.3) is 10.0 Å². The van der Waals surface area contributed by atoms with Gasteiger partial charge in [-0.2, -0.15) is 5.10 Å². The molecule has 0 saturated carbocycles. The highest BCUT2D eigenvalue weighted by Gasteiger charge is 2.24. The molecule has 0 saturated heterocycles. The average molecular weight is 301 g/mol. The second-order valence-electron chi connectivity index (χ2n) is 4.07. The fourth-order valence-corrected chi connectivity index (χ4v) is 3.53. The normalized spacial score (nSPS) is 11.6. The largest absolute Gasteiger partial charge is 0.276 e. The van der Waals surface area contributed by atoms with E-state index in [-0.39, 0.29) is 15.7 Å². The first-order valence-electron chi connectivity index (χ1n) is 5.46. The summed E-state index contributed by atoms with van der Waals surface area (Å²) < 4.78 is 28.7. The molecule has 2 aromatic heterocycles. The molecule has 0 aliphatic rings. The van der Waals surface area contributed by atoms with Gasteiger partial charge in [-0.1, -0.05) is 11.6 Å². The van der Waals surface area contributed by atoms with Crippen LogP contribution in [0.4, 0.5) is 5.69 Å². The second kappa shape index (κ2) is 4.82. The van der Waals surface area contributed by atoms with E-state index in [0.717, 1.165) is 0 Å². The summed E-state index contributed by atoms with van der Waals surface area (Å²) >= 11 is 5.84. The Morgan fingerprint density at radius 3 is 2.58 bits per heavy atom. The van der Waals surface area contributed by atoms with Gasteiger partial charge in [-0.25, -0.2) is 13.4 Å². The quantitative estimate of drug-likeness (QED) is 0.878. The number of rotatable bonds is 3. The summed E-state index contributed by atoms with van der Waals surface area (Å²) in [7, 11) is -2.04. The van der Waals surface area contributed by atoms with Crippen molar-refractivity contribution in [2.45, 2.75) is 18.7 Å². The Morgan fingerprint density at radius 2 is 2.05 bits per heavy atom. The number of nitrogens with zero attached hydrogens (tertiary/aromatic N) is 3. The lowest BCUT2D eigenvalue weighted by Gasteiger charge is -2.09. The average Bonchev–Trinajstić information content (AvgIpc) is 2.56. The van der Waals surface area contributed by atoms with Crippen LogP contribution in [0.1, 0.15) is 11.4 Å². The van der Waals surface area contributed by atoms with Crippen molar-refractivity contribution in [1.82, 2.24) is 14.8 Å². The Morgan fingerprint density at radius 1 is 1.37 bits per heavy atom. The van der Waals surface area contributed by atoms with Gasteiger partial charge in [0.1, 0.15) is 4.90 Å². The van der Waals surface area contributed by atoms with E-state index in [1.165, 1.54) is 10.9 Å². The van der Waals surface area contributed by atoms with Gasteiger partial charge >= 0.3 is 0 Å². The highest BCUT2D eigenvalue weighted by atomic mass is 35.5. The molecule has 2 aromatic rings. The molecule has 0 bridgehead atoms. The van der Waals surface area contributed by atoms with Crippen molar-refractivity contribution in [2.24, 2.45) is 7.05 Å². The van der Waals surface area contributed by atoms with Crippen molar-refractivity contribution >= 4 is 27.3 Å². The molecule has 8 heteroatoms. The van der Waals surface area contributed by atoms with Crippen LogP contribution in [-0.4, -0.2) is 23.2 Å². The van der Waals surface area contributed by atoms with Crippen molar-refractivity contribution in [2.75, 3.05) is 4.72 Å². The Labute approximate surface area is 116 Å². The number of hydrogen-bond donors (Lipinski definition) is 1. The molecule has 0 fully saturated rings. The van der Waals surface area contributed by atoms with E-state index in [1.54, 1.807) is 33.0 Å². The molecule has 2 heterocycles. The summed E-state index contributed by atoms with van der Waals surface area (Å²) in [5, 5.41) is 4.19. The molecule has 0 aromatic carbocycles. The number of nitrogens with one attached hydrogen (secondary N) is 1. The Balaban J connectivity index is 2.47. The number of anilines is 1. The molecule has 1 N–H and O–H groups in total. The lowest BCUT2D eigenvalue weighted by atomic mass is 10.4. The highest BCUT2D eigenvalue weighted by Crippen LogP contribution is 2.25. The summed E-state index contributed by atoms with van der Waals surface area (Å²) in [5.41, 5.74) is 1.24. The number of sulfonamides is 1. The molecular formula is C11H13ClN4O2S. The predicted molar refractivity (Wildman–Crippen MR) is 72.7 cm³/mol. The lowest BCUT2D eigenvalue weighted by molar-refractivity contribution is 0.599. The van der Waals surface area contributed by atoms with Crippen molar-refractivity contribution in [3.8, 4) is 0 Å². The van der Waals surface area contributed by atoms with Gasteiger partial charge in [-0.15, -0.1) is 0 Å². The Kier molecular flexibility index (Phi) is 3.51. The molecule has 102 valence electrons. The number of halogens is 1. The van der Waals surface area contributed by atoms with Crippen LogP contribution in [0.3, 0.4) is 0 Å². The van der Waals surface area contributed by atoms with Gasteiger partial charge in [0.2, 0.25) is 0 Å². The van der Waals surface area contributed by atoms with Crippen molar-refractivity contribution in [3.05, 3.63) is 34.9 Å². The molecule has 6 nitrogen and oxygen atoms in total. The summed E-state index contributed by atoms with van der Waals surface area (Å²) in [6, 6.07) is 3.15. The SMILES string of the molecule is Cc1nn(C)c(C)c1S(=O)(=O)Nc1cccnc1Cl. The maximum Gasteiger partial charge on any atom is 0.265 e. The maximum atomic E-state index is 12.4.